The highest BCUT2D eigenvalue weighted by Crippen LogP contribution is 2.37. The van der Waals surface area contributed by atoms with Gasteiger partial charge in [-0.05, 0) is 58.4 Å². The number of nitrogens with one attached hydrogen (secondary N) is 1. The highest BCUT2D eigenvalue weighted by molar-refractivity contribution is 4.98. The van der Waals surface area contributed by atoms with Crippen molar-refractivity contribution in [2.24, 2.45) is 5.92 Å². The molecule has 2 N–H and O–H groups in total. The third-order valence-corrected chi connectivity index (χ3v) is 4.98. The summed E-state index contributed by atoms with van der Waals surface area (Å²) < 4.78 is 11.2. The van der Waals surface area contributed by atoms with Crippen molar-refractivity contribution in [3.63, 3.8) is 0 Å². The van der Waals surface area contributed by atoms with E-state index in [2.05, 4.69) is 26.1 Å². The molecular weight excluding hydrogens is 266 g/mol. The van der Waals surface area contributed by atoms with E-state index in [0.29, 0.717) is 5.92 Å². The molecule has 0 bridgehead atoms. The molecule has 0 amide bonds. The summed E-state index contributed by atoms with van der Waals surface area (Å²) in [5, 5.41) is 13.4. The molecule has 0 saturated heterocycles. The molecule has 0 aromatic heterocycles. The third-order valence-electron chi connectivity index (χ3n) is 4.98. The van der Waals surface area contributed by atoms with Crippen LogP contribution in [0.5, 0.6) is 0 Å². The van der Waals surface area contributed by atoms with Gasteiger partial charge in [0.15, 0.2) is 0 Å². The van der Waals surface area contributed by atoms with Crippen LogP contribution < -0.4 is 5.32 Å². The molecule has 1 saturated carbocycles. The average Bonchev–Trinajstić information content (AvgIpc) is 2.88. The lowest BCUT2D eigenvalue weighted by Crippen LogP contribution is -2.51. The summed E-state index contributed by atoms with van der Waals surface area (Å²) in [4.78, 5) is 0. The van der Waals surface area contributed by atoms with Crippen LogP contribution in [0.1, 0.15) is 59.3 Å². The predicted octanol–water partition coefficient (Wildman–Crippen LogP) is 2.74. The highest BCUT2D eigenvalue weighted by atomic mass is 16.5. The Kier molecular flexibility index (Phi) is 8.17. The Balaban J connectivity index is 2.29. The van der Waals surface area contributed by atoms with Gasteiger partial charge in [0.25, 0.3) is 0 Å². The van der Waals surface area contributed by atoms with Crippen LogP contribution in [0.2, 0.25) is 0 Å². The maximum absolute atomic E-state index is 9.84. The van der Waals surface area contributed by atoms with E-state index in [9.17, 15) is 5.11 Å². The molecule has 1 aliphatic carbocycles. The summed E-state index contributed by atoms with van der Waals surface area (Å²) in [6, 6.07) is 0. The lowest BCUT2D eigenvalue weighted by Gasteiger charge is -2.35. The zero-order valence-electron chi connectivity index (χ0n) is 14.4. The minimum Gasteiger partial charge on any atom is -0.394 e. The van der Waals surface area contributed by atoms with Gasteiger partial charge in [-0.15, -0.1) is 0 Å². The van der Waals surface area contributed by atoms with Gasteiger partial charge in [0, 0.05) is 25.9 Å². The van der Waals surface area contributed by atoms with Crippen LogP contribution in [-0.4, -0.2) is 49.7 Å². The van der Waals surface area contributed by atoms with Crippen molar-refractivity contribution in [1.29, 1.82) is 0 Å². The monoisotopic (exact) mass is 301 g/mol. The number of ether oxygens (including phenoxy) is 2. The van der Waals surface area contributed by atoms with Gasteiger partial charge >= 0.3 is 0 Å². The van der Waals surface area contributed by atoms with Gasteiger partial charge < -0.3 is 19.9 Å². The maximum Gasteiger partial charge on any atom is 0.0644 e. The molecule has 0 aliphatic heterocycles. The molecule has 0 aromatic carbocycles. The van der Waals surface area contributed by atoms with Crippen molar-refractivity contribution < 1.29 is 14.6 Å². The molecule has 126 valence electrons. The Labute approximate surface area is 130 Å². The Morgan fingerprint density at radius 1 is 1.33 bits per heavy atom. The summed E-state index contributed by atoms with van der Waals surface area (Å²) in [6.45, 7) is 9.08. The van der Waals surface area contributed by atoms with Gasteiger partial charge in [-0.2, -0.15) is 0 Å². The van der Waals surface area contributed by atoms with Gasteiger partial charge in [0.2, 0.25) is 0 Å². The van der Waals surface area contributed by atoms with E-state index in [4.69, 9.17) is 9.47 Å². The first-order valence-corrected chi connectivity index (χ1v) is 8.48. The van der Waals surface area contributed by atoms with E-state index in [1.807, 2.05) is 0 Å². The number of hydrogen-bond donors (Lipinski definition) is 2. The van der Waals surface area contributed by atoms with Gasteiger partial charge in [0.1, 0.15) is 0 Å². The van der Waals surface area contributed by atoms with E-state index in [0.717, 1.165) is 45.4 Å². The Hall–Kier alpha value is -0.160. The molecule has 2 atom stereocenters. The molecule has 0 spiro atoms. The van der Waals surface area contributed by atoms with Crippen LogP contribution in [0.3, 0.4) is 0 Å². The van der Waals surface area contributed by atoms with Gasteiger partial charge in [-0.25, -0.2) is 0 Å². The fourth-order valence-electron chi connectivity index (χ4n) is 3.18. The first kappa shape index (κ1) is 18.9. The van der Waals surface area contributed by atoms with E-state index in [1.54, 1.807) is 7.11 Å². The second kappa shape index (κ2) is 9.09. The Morgan fingerprint density at radius 3 is 2.71 bits per heavy atom. The topological polar surface area (TPSA) is 50.7 Å². The normalized spacial score (nSPS) is 26.4. The third kappa shape index (κ3) is 5.85. The zero-order chi connectivity index (χ0) is 15.8. The minimum absolute atomic E-state index is 0.0643. The van der Waals surface area contributed by atoms with Gasteiger partial charge in [-0.3, -0.25) is 0 Å². The number of aliphatic hydroxyl groups excluding tert-OH is 1. The molecular formula is C17H35NO3. The molecule has 1 fully saturated rings. The summed E-state index contributed by atoms with van der Waals surface area (Å²) in [6.07, 6.45) is 6.54. The van der Waals surface area contributed by atoms with Crippen molar-refractivity contribution in [2.75, 3.05) is 33.5 Å². The second-order valence-corrected chi connectivity index (χ2v) is 6.95. The smallest absolute Gasteiger partial charge is 0.0644 e. The standard InChI is InChI=1S/C17H35NO3/c1-5-11-18-17(14-19)9-6-7-15(17)8-12-21-13-10-16(2,3)20-4/h15,18-19H,5-14H2,1-4H3. The number of rotatable bonds is 11. The van der Waals surface area contributed by atoms with Crippen LogP contribution in [0, 0.1) is 5.92 Å². The molecule has 1 aliphatic rings. The zero-order valence-corrected chi connectivity index (χ0v) is 14.4. The van der Waals surface area contributed by atoms with Gasteiger partial charge in [0.05, 0.1) is 12.2 Å². The van der Waals surface area contributed by atoms with E-state index >= 15 is 0 Å². The number of aliphatic hydroxyl groups is 1. The lowest BCUT2D eigenvalue weighted by atomic mass is 9.85. The number of hydrogen-bond acceptors (Lipinski definition) is 4. The molecule has 21 heavy (non-hydrogen) atoms. The van der Waals surface area contributed by atoms with Crippen LogP contribution in [0.4, 0.5) is 0 Å². The first-order valence-electron chi connectivity index (χ1n) is 8.48. The fourth-order valence-corrected chi connectivity index (χ4v) is 3.18. The fraction of sp³-hybridized carbons (Fsp3) is 1.00. The largest absolute Gasteiger partial charge is 0.394 e. The molecule has 2 unspecified atom stereocenters. The van der Waals surface area contributed by atoms with Crippen molar-refractivity contribution >= 4 is 0 Å². The molecule has 0 aromatic rings. The molecule has 0 heterocycles. The van der Waals surface area contributed by atoms with Crippen molar-refractivity contribution in [2.45, 2.75) is 70.4 Å². The lowest BCUT2D eigenvalue weighted by molar-refractivity contribution is -0.0127. The minimum atomic E-state index is -0.106. The second-order valence-electron chi connectivity index (χ2n) is 6.95. The maximum atomic E-state index is 9.84. The Bertz CT molecular complexity index is 283. The summed E-state index contributed by atoms with van der Waals surface area (Å²) in [5.41, 5.74) is -0.171. The molecule has 4 nitrogen and oxygen atoms in total. The highest BCUT2D eigenvalue weighted by Gasteiger charge is 2.41. The average molecular weight is 301 g/mol. The van der Waals surface area contributed by atoms with E-state index in [1.165, 1.54) is 12.8 Å². The Morgan fingerprint density at radius 2 is 2.10 bits per heavy atom. The van der Waals surface area contributed by atoms with Crippen molar-refractivity contribution in [1.82, 2.24) is 5.32 Å². The molecule has 4 heteroatoms. The van der Waals surface area contributed by atoms with Crippen LogP contribution in [0.15, 0.2) is 0 Å². The predicted molar refractivity (Wildman–Crippen MR) is 86.6 cm³/mol. The van der Waals surface area contributed by atoms with Crippen molar-refractivity contribution in [3.8, 4) is 0 Å². The van der Waals surface area contributed by atoms with Crippen LogP contribution >= 0.6 is 0 Å². The number of methoxy groups -OCH3 is 1. The quantitative estimate of drug-likeness (QED) is 0.576. The summed E-state index contributed by atoms with van der Waals surface area (Å²) in [5.74, 6) is 0.532. The summed E-state index contributed by atoms with van der Waals surface area (Å²) in [7, 11) is 1.74. The SMILES string of the molecule is CCCNC1(CO)CCCC1CCOCCC(C)(C)OC. The molecule has 1 rings (SSSR count). The van der Waals surface area contributed by atoms with E-state index < -0.39 is 0 Å². The molecule has 0 radical (unpaired) electrons. The van der Waals surface area contributed by atoms with E-state index in [-0.39, 0.29) is 17.7 Å². The van der Waals surface area contributed by atoms with Gasteiger partial charge in [-0.1, -0.05) is 13.3 Å². The van der Waals surface area contributed by atoms with Crippen LogP contribution in [0.25, 0.3) is 0 Å². The first-order chi connectivity index (χ1) is 9.99. The van der Waals surface area contributed by atoms with Crippen molar-refractivity contribution in [3.05, 3.63) is 0 Å². The van der Waals surface area contributed by atoms with Crippen LogP contribution in [-0.2, 0) is 9.47 Å². The summed E-state index contributed by atoms with van der Waals surface area (Å²) >= 11 is 0.